The van der Waals surface area contributed by atoms with Gasteiger partial charge >= 0.3 is 12.2 Å². The number of nitrogens with two attached hydrogens (primary N) is 1. The Morgan fingerprint density at radius 3 is 1.31 bits per heavy atom. The second-order valence-corrected chi connectivity index (χ2v) is 34.3. The van der Waals surface area contributed by atoms with Gasteiger partial charge in [-0.3, -0.25) is 15.2 Å². The number of rotatable bonds is 18. The number of halogens is 4. The number of aromatic amines is 1. The van der Waals surface area contributed by atoms with Gasteiger partial charge in [0.15, 0.2) is 0 Å². The lowest BCUT2D eigenvalue weighted by molar-refractivity contribution is -0.385. The van der Waals surface area contributed by atoms with Gasteiger partial charge in [-0.1, -0.05) is 0 Å². The first-order valence-electron chi connectivity index (χ1n) is 40.2. The van der Waals surface area contributed by atoms with Crippen molar-refractivity contribution >= 4 is 161 Å². The first-order valence-corrected chi connectivity index (χ1v) is 43.8. The van der Waals surface area contributed by atoms with Gasteiger partial charge in [-0.15, -0.1) is 0 Å². The zero-order valence-electron chi connectivity index (χ0n) is 74.8. The van der Waals surface area contributed by atoms with Gasteiger partial charge in [-0.05, 0) is 227 Å². The number of non-ortho nitro benzene ring substituents is 1. The second kappa shape index (κ2) is 47.0. The lowest BCUT2D eigenvalue weighted by Gasteiger charge is -2.29. The Kier molecular flexibility index (Phi) is 36.6. The second-order valence-electron chi connectivity index (χ2n) is 30.5. The zero-order chi connectivity index (χ0) is 93.1. The van der Waals surface area contributed by atoms with Crippen LogP contribution in [0.15, 0.2) is 134 Å². The highest BCUT2D eigenvalue weighted by Gasteiger charge is 2.30. The molecule has 0 fully saturated rings. The molecule has 15 rings (SSSR count). The number of ether oxygens (including phenoxy) is 7. The lowest BCUT2D eigenvalue weighted by Crippen LogP contribution is -2.39. The largest absolute Gasteiger partial charge is 0.496 e. The van der Waals surface area contributed by atoms with Crippen LogP contribution in [-0.2, 0) is 48.4 Å². The molecule has 10 heterocycles. The van der Waals surface area contributed by atoms with E-state index in [9.17, 15) is 19.7 Å². The molecular weight excluding hydrogens is 2000 g/mol. The van der Waals surface area contributed by atoms with Crippen LogP contribution >= 0.6 is 79.4 Å². The van der Waals surface area contributed by atoms with Gasteiger partial charge in [0.05, 0.1) is 81.9 Å². The third kappa shape index (κ3) is 30.0. The van der Waals surface area contributed by atoms with Gasteiger partial charge in [0.2, 0.25) is 23.1 Å². The summed E-state index contributed by atoms with van der Waals surface area (Å²) < 4.78 is 43.7. The summed E-state index contributed by atoms with van der Waals surface area (Å²) in [7, 11) is 15.4. The van der Waals surface area contributed by atoms with E-state index in [1.54, 1.807) is 62.2 Å². The highest BCUT2D eigenvalue weighted by Crippen LogP contribution is 2.34. The third-order valence-corrected chi connectivity index (χ3v) is 21.1. The van der Waals surface area contributed by atoms with Crippen LogP contribution in [0.1, 0.15) is 98.1 Å². The van der Waals surface area contributed by atoms with E-state index < -0.39 is 16.1 Å². The minimum atomic E-state index is -0.530. The number of nitrogens with zero attached hydrogens (tertiary/aromatic N) is 16. The molecular formula is C87H108ClI3N26O11. The Labute approximate surface area is 789 Å². The van der Waals surface area contributed by atoms with Crippen LogP contribution in [0.4, 0.5) is 79.1 Å². The Bertz CT molecular complexity index is 5730. The number of hydrogen-bond donors (Lipinski definition) is 10. The molecule has 3 aliphatic rings. The van der Waals surface area contributed by atoms with Crippen LogP contribution in [0.3, 0.4) is 0 Å². The predicted octanol–water partition coefficient (Wildman–Crippen LogP) is 16.9. The number of nitrogen functional groups attached to an aromatic ring is 1. The fraction of sp³-hybridized carbons (Fsp3) is 0.345. The van der Waals surface area contributed by atoms with Crippen molar-refractivity contribution in [2.75, 3.05) is 126 Å². The average molecular weight is 2110 g/mol. The van der Waals surface area contributed by atoms with E-state index >= 15 is 0 Å². The summed E-state index contributed by atoms with van der Waals surface area (Å²) in [6.07, 6.45) is 7.62. The van der Waals surface area contributed by atoms with Gasteiger partial charge < -0.3 is 91.2 Å². The third-order valence-electron chi connectivity index (χ3n) is 18.4. The summed E-state index contributed by atoms with van der Waals surface area (Å²) in [6, 6.07) is 34.9. The molecule has 3 aliphatic heterocycles. The van der Waals surface area contributed by atoms with Crippen LogP contribution in [-0.4, -0.2) is 191 Å². The van der Waals surface area contributed by atoms with Crippen molar-refractivity contribution in [3.63, 3.8) is 0 Å². The molecule has 0 saturated heterocycles. The Morgan fingerprint density at radius 2 is 0.891 bits per heavy atom. The van der Waals surface area contributed by atoms with Crippen molar-refractivity contribution in [2.45, 2.75) is 119 Å². The Morgan fingerprint density at radius 1 is 0.492 bits per heavy atom. The van der Waals surface area contributed by atoms with E-state index in [4.69, 9.17) is 60.7 Å². The Balaban J connectivity index is 0.000000177. The molecule has 680 valence electrons. The van der Waals surface area contributed by atoms with Gasteiger partial charge in [-0.25, -0.2) is 43.9 Å². The van der Waals surface area contributed by atoms with E-state index in [1.807, 2.05) is 221 Å². The van der Waals surface area contributed by atoms with Crippen molar-refractivity contribution < 1.29 is 47.7 Å². The quantitative estimate of drug-likeness (QED) is 0.0125. The molecule has 0 aliphatic carbocycles. The fourth-order valence-electron chi connectivity index (χ4n) is 12.4. The van der Waals surface area contributed by atoms with Crippen molar-refractivity contribution in [1.29, 1.82) is 0 Å². The smallest absolute Gasteiger partial charge is 0.410 e. The van der Waals surface area contributed by atoms with Gasteiger partial charge in [-0.2, -0.15) is 30.2 Å². The van der Waals surface area contributed by atoms with E-state index in [-0.39, 0.29) is 23.2 Å². The van der Waals surface area contributed by atoms with Crippen LogP contribution in [0.2, 0.25) is 5.28 Å². The van der Waals surface area contributed by atoms with E-state index in [0.29, 0.717) is 61.9 Å². The number of hydrogen-bond acceptors (Lipinski definition) is 31. The number of anilines is 11. The maximum atomic E-state index is 12.5. The molecule has 5 aromatic carbocycles. The molecule has 12 aromatic rings. The van der Waals surface area contributed by atoms with E-state index in [1.165, 1.54) is 24.8 Å². The van der Waals surface area contributed by atoms with E-state index in [2.05, 4.69) is 144 Å². The number of H-pyrrole nitrogens is 1. The van der Waals surface area contributed by atoms with Crippen molar-refractivity contribution in [1.82, 2.24) is 84.7 Å². The monoisotopic (exact) mass is 2110 g/mol. The number of aryl methyl sites for hydroxylation is 4. The van der Waals surface area contributed by atoms with Crippen LogP contribution < -0.4 is 72.0 Å². The van der Waals surface area contributed by atoms with Gasteiger partial charge in [0.25, 0.3) is 5.69 Å². The minimum absolute atomic E-state index is 0.0835. The number of nitro groups is 1. The standard InChI is InChI=1S/C24H31N7O3.C19H23N7O.C13H15IN4O.C11H17N3O2.C7H6INO3.C7H8INO.C6H8ClN3/c1-15-11-21(25-5)28-22(26-15)27-17-7-8-20(33-6)19(12-17)31-14-16-13-30(10-9-18(16)29-31)23(32)34-24(2,3)4;1-12-8-18(20-2)24-19(22-12)23-14-4-5-17(27-3)16(9-14)26-11-13-10-21-7-6-15(13)25-26;1-8-6-12(15-2)18-13(16-8)17-9-4-5-11(19-3)10(14)7-9;1-11(2,3)16-10(15)14-5-4-9-8(7-14)6-12-13-9;1-12-7-3-2-5(9(10)11)4-6(7)8;1-10-7-3-2-5(9)4-6(7)8;1-4-3-5(8-2)10-6(7)9-4/h7-8,11-12,14H,9-10,13H2,1-6H3,(H2,25,26,27,28);4-5,8-9,11,21H,6-7,10H2,1-3H3,(H2,20,22,23,24);4-7H,1-3H3,(H2,15,16,17,18);6H,4-5,7H2,1-3H3,(H,12,13);2-4H,1H3;2-4H,9H2,1H3;3H,1-2H3,(H,8,9,10). The molecule has 11 N–H and O–H groups in total. The molecule has 0 bridgehead atoms. The number of methoxy groups -OCH3 is 5. The van der Waals surface area contributed by atoms with Gasteiger partial charge in [0.1, 0.15) is 74.6 Å². The molecule has 0 saturated carbocycles. The van der Waals surface area contributed by atoms with Crippen LogP contribution in [0, 0.1) is 48.5 Å². The first-order chi connectivity index (χ1) is 61.0. The number of benzene rings is 5. The Hall–Kier alpha value is -12.2. The van der Waals surface area contributed by atoms with Crippen molar-refractivity contribution in [3.05, 3.63) is 217 Å². The number of nitro benzene ring substituents is 1. The molecule has 41 heteroatoms. The summed E-state index contributed by atoms with van der Waals surface area (Å²) in [6.45, 7) is 23.0. The fourth-order valence-corrected chi connectivity index (χ4v) is 14.8. The number of carbonyl (C=O) groups is 2. The summed E-state index contributed by atoms with van der Waals surface area (Å²) in [5, 5.41) is 52.1. The summed E-state index contributed by atoms with van der Waals surface area (Å²) >= 11 is 12.0. The highest BCUT2D eigenvalue weighted by atomic mass is 127. The molecule has 7 aromatic heterocycles. The van der Waals surface area contributed by atoms with Crippen molar-refractivity contribution in [3.8, 4) is 40.1 Å². The molecule has 0 atom stereocenters. The molecule has 0 spiro atoms. The predicted molar refractivity (Wildman–Crippen MR) is 523 cm³/mol. The molecule has 128 heavy (non-hydrogen) atoms. The number of amides is 2. The minimum Gasteiger partial charge on any atom is -0.496 e. The van der Waals surface area contributed by atoms with E-state index in [0.717, 1.165) is 162 Å². The normalized spacial score (nSPS) is 12.1. The number of fused-ring (bicyclic) bond motifs is 3. The summed E-state index contributed by atoms with van der Waals surface area (Å²) in [5.74, 6) is 8.46. The molecule has 2 amide bonds. The molecule has 37 nitrogen and oxygen atoms in total. The number of carbonyl (C=O) groups excluding carboxylic acids is 2. The maximum absolute atomic E-state index is 12.5. The van der Waals surface area contributed by atoms with Crippen LogP contribution in [0.25, 0.3) is 11.4 Å². The number of aromatic nitrogens is 14. The highest BCUT2D eigenvalue weighted by molar-refractivity contribution is 14.1. The van der Waals surface area contributed by atoms with Crippen molar-refractivity contribution in [2.24, 2.45) is 0 Å². The molecule has 0 unspecified atom stereocenters. The first kappa shape index (κ1) is 99.6. The number of nitrogens with one attached hydrogen (secondary N) is 9. The average Bonchev–Trinajstić information content (AvgIpc) is 1.62. The summed E-state index contributed by atoms with van der Waals surface area (Å²) in [5.41, 5.74) is 19.7. The summed E-state index contributed by atoms with van der Waals surface area (Å²) in [4.78, 5) is 72.0. The zero-order valence-corrected chi connectivity index (χ0v) is 82.0. The van der Waals surface area contributed by atoms with Crippen LogP contribution in [0.5, 0.6) is 28.7 Å². The topological polar surface area (TPSA) is 438 Å². The van der Waals surface area contributed by atoms with Gasteiger partial charge in [0, 0.05) is 190 Å². The SMILES string of the molecule is CC(C)(C)OC(=O)N1CCc2[nH]ncc2C1.CNc1cc(C)nc(Cl)n1.CNc1cc(C)nc(Nc2ccc(OC)c(-n3cc4c(n3)CCN(C(=O)OC(C)(C)C)C4)c2)n1.CNc1cc(C)nc(Nc2ccc(OC)c(-n3cc4c(n3)CCNC4)c2)n1.CNc1cc(C)nc(Nc2ccc(OC)c(I)c2)n1.COc1ccc(N)cc1I.COc1ccc([N+](=O)[O-])cc1I. The molecule has 0 radical (unpaired) electrons. The maximum Gasteiger partial charge on any atom is 0.410 e. The lowest BCUT2D eigenvalue weighted by atomic mass is 10.1.